The average Bonchev–Trinajstić information content (AvgIpc) is 2.23. The molecule has 1 rings (SSSR count). The van der Waals surface area contributed by atoms with Gasteiger partial charge in [-0.25, -0.2) is 0 Å². The molecule has 0 N–H and O–H groups in total. The Labute approximate surface area is 82.7 Å². The summed E-state index contributed by atoms with van der Waals surface area (Å²) in [4.78, 5) is 0. The van der Waals surface area contributed by atoms with Crippen molar-refractivity contribution < 1.29 is 4.74 Å². The number of rotatable bonds is 1. The molecule has 0 heterocycles. The predicted molar refractivity (Wildman–Crippen MR) is 60.1 cm³/mol. The summed E-state index contributed by atoms with van der Waals surface area (Å²) in [7, 11) is 3.25. The molecule has 0 aliphatic heterocycles. The summed E-state index contributed by atoms with van der Waals surface area (Å²) >= 11 is 0. The van der Waals surface area contributed by atoms with Crippen LogP contribution in [0, 0.1) is 0 Å². The first-order valence-corrected chi connectivity index (χ1v) is 4.79. The molecule has 0 aliphatic carbocycles. The van der Waals surface area contributed by atoms with Gasteiger partial charge in [0.05, 0.1) is 0 Å². The van der Waals surface area contributed by atoms with Crippen molar-refractivity contribution in [3.05, 3.63) is 35.9 Å². The molecule has 1 nitrogen and oxygen atoms in total. The predicted octanol–water partition coefficient (Wildman–Crippen LogP) is 3.54. The maximum absolute atomic E-state index is 4.25. The van der Waals surface area contributed by atoms with E-state index in [1.807, 2.05) is 19.9 Å². The molecule has 1 aromatic carbocycles. The fraction of sp³-hybridized carbons (Fsp3) is 0.500. The van der Waals surface area contributed by atoms with E-state index in [4.69, 9.17) is 0 Å². The Morgan fingerprint density at radius 2 is 1.38 bits per heavy atom. The molecule has 0 unspecified atom stereocenters. The number of ether oxygens (including phenoxy) is 1. The van der Waals surface area contributed by atoms with Crippen molar-refractivity contribution in [2.24, 2.45) is 0 Å². The maximum atomic E-state index is 4.25. The number of aryl methyl sites for hydroxylation is 1. The van der Waals surface area contributed by atoms with Gasteiger partial charge in [0.15, 0.2) is 0 Å². The lowest BCUT2D eigenvalue weighted by Crippen LogP contribution is -1.73. The van der Waals surface area contributed by atoms with Gasteiger partial charge >= 0.3 is 0 Å². The van der Waals surface area contributed by atoms with Crippen LogP contribution >= 0.6 is 0 Å². The Morgan fingerprint density at radius 3 is 1.62 bits per heavy atom. The first-order valence-electron chi connectivity index (χ1n) is 4.79. The second-order valence-corrected chi connectivity index (χ2v) is 2.25. The van der Waals surface area contributed by atoms with Crippen LogP contribution in [0.5, 0.6) is 0 Å². The van der Waals surface area contributed by atoms with Gasteiger partial charge in [0.2, 0.25) is 0 Å². The summed E-state index contributed by atoms with van der Waals surface area (Å²) in [6, 6.07) is 10.5. The highest BCUT2D eigenvalue weighted by molar-refractivity contribution is 5.13. The number of methoxy groups -OCH3 is 1. The third-order valence-electron chi connectivity index (χ3n) is 1.25. The lowest BCUT2D eigenvalue weighted by molar-refractivity contribution is 0.277. The molecule has 76 valence electrons. The van der Waals surface area contributed by atoms with Gasteiger partial charge < -0.3 is 4.74 Å². The molecule has 0 radical (unpaired) electrons. The van der Waals surface area contributed by atoms with E-state index >= 15 is 0 Å². The highest BCUT2D eigenvalue weighted by atomic mass is 16.4. The molecule has 0 saturated carbocycles. The zero-order valence-corrected chi connectivity index (χ0v) is 9.50. The molecule has 0 spiro atoms. The van der Waals surface area contributed by atoms with E-state index in [-0.39, 0.29) is 0 Å². The summed E-state index contributed by atoms with van der Waals surface area (Å²) in [5.74, 6) is 0. The van der Waals surface area contributed by atoms with Crippen molar-refractivity contribution in [3.63, 3.8) is 0 Å². The highest BCUT2D eigenvalue weighted by Crippen LogP contribution is 1.96. The Bertz CT molecular complexity index is 158. The lowest BCUT2D eigenvalue weighted by atomic mass is 10.2. The monoisotopic (exact) mass is 182 g/mol. The number of hydrogen-bond acceptors (Lipinski definition) is 1. The van der Waals surface area contributed by atoms with Gasteiger partial charge in [-0.05, 0) is 12.0 Å². The van der Waals surface area contributed by atoms with E-state index in [1.54, 1.807) is 14.2 Å². The zero-order chi connectivity index (χ0) is 10.5. The maximum Gasteiger partial charge on any atom is 0.0351 e. The molecule has 0 atom stereocenters. The van der Waals surface area contributed by atoms with Gasteiger partial charge in [-0.2, -0.15) is 0 Å². The summed E-state index contributed by atoms with van der Waals surface area (Å²) in [6.07, 6.45) is 1.14. The van der Waals surface area contributed by atoms with E-state index in [0.29, 0.717) is 0 Å². The van der Waals surface area contributed by atoms with Crippen LogP contribution in [0.2, 0.25) is 0 Å². The first-order chi connectivity index (χ1) is 6.35. The topological polar surface area (TPSA) is 9.23 Å². The third kappa shape index (κ3) is 11.2. The highest BCUT2D eigenvalue weighted by Gasteiger charge is 1.79. The quantitative estimate of drug-likeness (QED) is 0.645. The molecule has 0 saturated heterocycles. The standard InChI is InChI=1S/C8H10.C2H6O.C2H6/c1-2-8-6-4-3-5-7-8;1-3-2;1-2/h3-7H,2H2,1H3;1-2H3;1-2H3. The lowest BCUT2D eigenvalue weighted by Gasteiger charge is -1.89. The normalized spacial score (nSPS) is 7.46. The molecular weight excluding hydrogens is 160 g/mol. The fourth-order valence-corrected chi connectivity index (χ4v) is 0.714. The van der Waals surface area contributed by atoms with E-state index in [2.05, 4.69) is 35.9 Å². The van der Waals surface area contributed by atoms with E-state index < -0.39 is 0 Å². The minimum atomic E-state index is 1.14. The Kier molecular flexibility index (Phi) is 15.5. The largest absolute Gasteiger partial charge is 0.388 e. The third-order valence-corrected chi connectivity index (χ3v) is 1.25. The Morgan fingerprint density at radius 1 is 1.00 bits per heavy atom. The van der Waals surface area contributed by atoms with Crippen LogP contribution in [0.15, 0.2) is 30.3 Å². The first kappa shape index (κ1) is 14.7. The minimum absolute atomic E-state index is 1.14. The summed E-state index contributed by atoms with van der Waals surface area (Å²) < 4.78 is 4.25. The van der Waals surface area contributed by atoms with Crippen LogP contribution in [0.1, 0.15) is 26.3 Å². The molecule has 1 heteroatoms. The van der Waals surface area contributed by atoms with Crippen LogP contribution in [0.25, 0.3) is 0 Å². The van der Waals surface area contributed by atoms with Crippen molar-refractivity contribution in [2.75, 3.05) is 14.2 Å². The van der Waals surface area contributed by atoms with Gasteiger partial charge in [0, 0.05) is 14.2 Å². The average molecular weight is 182 g/mol. The fourth-order valence-electron chi connectivity index (χ4n) is 0.714. The summed E-state index contributed by atoms with van der Waals surface area (Å²) in [6.45, 7) is 6.16. The molecule has 0 bridgehead atoms. The van der Waals surface area contributed by atoms with Crippen molar-refractivity contribution in [1.82, 2.24) is 0 Å². The molecule has 0 aliphatic rings. The molecule has 1 aromatic rings. The second kappa shape index (κ2) is 13.7. The smallest absolute Gasteiger partial charge is 0.0351 e. The zero-order valence-electron chi connectivity index (χ0n) is 9.50. The molecule has 0 aromatic heterocycles. The van der Waals surface area contributed by atoms with E-state index in [1.165, 1.54) is 5.56 Å². The second-order valence-electron chi connectivity index (χ2n) is 2.25. The molecule has 13 heavy (non-hydrogen) atoms. The van der Waals surface area contributed by atoms with Gasteiger partial charge in [-0.3, -0.25) is 0 Å². The number of benzene rings is 1. The van der Waals surface area contributed by atoms with Crippen molar-refractivity contribution in [3.8, 4) is 0 Å². The Balaban J connectivity index is 0. The van der Waals surface area contributed by atoms with Crippen LogP contribution < -0.4 is 0 Å². The van der Waals surface area contributed by atoms with Crippen molar-refractivity contribution in [2.45, 2.75) is 27.2 Å². The van der Waals surface area contributed by atoms with Crippen LogP contribution in [0.3, 0.4) is 0 Å². The van der Waals surface area contributed by atoms with Gasteiger partial charge in [-0.15, -0.1) is 0 Å². The van der Waals surface area contributed by atoms with Crippen molar-refractivity contribution >= 4 is 0 Å². The minimum Gasteiger partial charge on any atom is -0.388 e. The van der Waals surface area contributed by atoms with Crippen molar-refractivity contribution in [1.29, 1.82) is 0 Å². The molecular formula is C12H22O. The summed E-state index contributed by atoms with van der Waals surface area (Å²) in [5, 5.41) is 0. The number of hydrogen-bond donors (Lipinski definition) is 0. The van der Waals surface area contributed by atoms with Crippen LogP contribution in [-0.4, -0.2) is 14.2 Å². The SMILES string of the molecule is CC.CCc1ccccc1.COC. The van der Waals surface area contributed by atoms with Crippen LogP contribution in [-0.2, 0) is 11.2 Å². The molecule has 0 fully saturated rings. The van der Waals surface area contributed by atoms with Crippen LogP contribution in [0.4, 0.5) is 0 Å². The van der Waals surface area contributed by atoms with Gasteiger partial charge in [0.1, 0.15) is 0 Å². The van der Waals surface area contributed by atoms with E-state index in [0.717, 1.165) is 6.42 Å². The van der Waals surface area contributed by atoms with Gasteiger partial charge in [-0.1, -0.05) is 51.1 Å². The Hall–Kier alpha value is -0.820. The van der Waals surface area contributed by atoms with E-state index in [9.17, 15) is 0 Å². The summed E-state index contributed by atoms with van der Waals surface area (Å²) in [5.41, 5.74) is 1.41. The molecule has 0 amide bonds. The van der Waals surface area contributed by atoms with Gasteiger partial charge in [0.25, 0.3) is 0 Å².